The fourth-order valence-corrected chi connectivity index (χ4v) is 2.95. The maximum Gasteiger partial charge on any atom is 0.231 e. The van der Waals surface area contributed by atoms with E-state index in [1.165, 1.54) is 6.07 Å². The smallest absolute Gasteiger partial charge is 0.231 e. The summed E-state index contributed by atoms with van der Waals surface area (Å²) in [5, 5.41) is 4.05. The summed E-state index contributed by atoms with van der Waals surface area (Å²) in [4.78, 5) is 13.5. The van der Waals surface area contributed by atoms with E-state index in [9.17, 15) is 4.39 Å². The summed E-state index contributed by atoms with van der Waals surface area (Å²) in [7, 11) is 0. The first-order chi connectivity index (χ1) is 11.3. The molecule has 3 aromatic rings. The van der Waals surface area contributed by atoms with Crippen molar-refractivity contribution in [3.05, 3.63) is 48.5 Å². The standard InChI is InChI=1S/C16H16FN5O/c17-14-6-5-12(9-19-14)22-8-2-3-11(10-22)16-20-15(21-23-16)13-4-1-7-18-13/h1,4-7,9,11,18H,2-3,8,10H2. The molecule has 3 aromatic heterocycles. The van der Waals surface area contributed by atoms with E-state index in [4.69, 9.17) is 4.52 Å². The van der Waals surface area contributed by atoms with Crippen molar-refractivity contribution in [2.24, 2.45) is 0 Å². The molecule has 23 heavy (non-hydrogen) atoms. The lowest BCUT2D eigenvalue weighted by atomic mass is 9.97. The summed E-state index contributed by atoms with van der Waals surface area (Å²) >= 11 is 0. The third-order valence-corrected chi connectivity index (χ3v) is 4.13. The highest BCUT2D eigenvalue weighted by Gasteiger charge is 2.26. The van der Waals surface area contributed by atoms with Crippen LogP contribution in [0.25, 0.3) is 11.5 Å². The summed E-state index contributed by atoms with van der Waals surface area (Å²) in [5.41, 5.74) is 1.76. The fourth-order valence-electron chi connectivity index (χ4n) is 2.95. The summed E-state index contributed by atoms with van der Waals surface area (Å²) in [6.07, 6.45) is 5.41. The van der Waals surface area contributed by atoms with Crippen LogP contribution in [0.15, 0.2) is 41.2 Å². The number of hydrogen-bond acceptors (Lipinski definition) is 5. The normalized spacial score (nSPS) is 18.3. The van der Waals surface area contributed by atoms with Crippen molar-refractivity contribution in [1.29, 1.82) is 0 Å². The lowest BCUT2D eigenvalue weighted by molar-refractivity contribution is 0.333. The van der Waals surface area contributed by atoms with Gasteiger partial charge >= 0.3 is 0 Å². The van der Waals surface area contributed by atoms with Crippen molar-refractivity contribution in [3.8, 4) is 11.5 Å². The second-order valence-electron chi connectivity index (χ2n) is 5.66. The lowest BCUT2D eigenvalue weighted by Crippen LogP contribution is -2.34. The molecule has 4 rings (SSSR count). The topological polar surface area (TPSA) is 70.8 Å². The van der Waals surface area contributed by atoms with Crippen LogP contribution in [0.3, 0.4) is 0 Å². The molecule has 1 aliphatic rings. The van der Waals surface area contributed by atoms with Crippen molar-refractivity contribution in [1.82, 2.24) is 20.1 Å². The van der Waals surface area contributed by atoms with E-state index in [0.717, 1.165) is 37.3 Å². The highest BCUT2D eigenvalue weighted by Crippen LogP contribution is 2.29. The summed E-state index contributed by atoms with van der Waals surface area (Å²) in [5.74, 6) is 0.930. The Labute approximate surface area is 132 Å². The van der Waals surface area contributed by atoms with Gasteiger partial charge < -0.3 is 14.4 Å². The first-order valence-corrected chi connectivity index (χ1v) is 7.63. The van der Waals surface area contributed by atoms with Gasteiger partial charge in [-0.1, -0.05) is 5.16 Å². The van der Waals surface area contributed by atoms with Crippen molar-refractivity contribution >= 4 is 5.69 Å². The van der Waals surface area contributed by atoms with Crippen LogP contribution in [-0.4, -0.2) is 33.2 Å². The molecule has 1 aliphatic heterocycles. The Balaban J connectivity index is 1.52. The number of H-pyrrole nitrogens is 1. The number of aromatic nitrogens is 4. The molecule has 0 saturated carbocycles. The molecule has 118 valence electrons. The Bertz CT molecular complexity index is 768. The molecule has 6 nitrogen and oxygen atoms in total. The molecule has 0 spiro atoms. The Morgan fingerprint density at radius 2 is 2.26 bits per heavy atom. The van der Waals surface area contributed by atoms with Crippen LogP contribution in [0, 0.1) is 5.95 Å². The second-order valence-corrected chi connectivity index (χ2v) is 5.66. The summed E-state index contributed by atoms with van der Waals surface area (Å²) < 4.78 is 18.4. The number of nitrogens with zero attached hydrogens (tertiary/aromatic N) is 4. The van der Waals surface area contributed by atoms with Crippen LogP contribution in [0.2, 0.25) is 0 Å². The van der Waals surface area contributed by atoms with Crippen LogP contribution < -0.4 is 4.90 Å². The highest BCUT2D eigenvalue weighted by atomic mass is 19.1. The van der Waals surface area contributed by atoms with E-state index in [-0.39, 0.29) is 5.92 Å². The van der Waals surface area contributed by atoms with Gasteiger partial charge in [0.25, 0.3) is 0 Å². The van der Waals surface area contributed by atoms with Crippen LogP contribution >= 0.6 is 0 Å². The minimum Gasteiger partial charge on any atom is -0.369 e. The molecule has 1 fully saturated rings. The number of aromatic amines is 1. The maximum atomic E-state index is 13.0. The zero-order valence-corrected chi connectivity index (χ0v) is 12.4. The van der Waals surface area contributed by atoms with Crippen molar-refractivity contribution < 1.29 is 8.91 Å². The van der Waals surface area contributed by atoms with Gasteiger partial charge in [-0.05, 0) is 37.1 Å². The first kappa shape index (κ1) is 13.9. The molecule has 0 bridgehead atoms. The fraction of sp³-hybridized carbons (Fsp3) is 0.312. The largest absolute Gasteiger partial charge is 0.369 e. The first-order valence-electron chi connectivity index (χ1n) is 7.63. The number of hydrogen-bond donors (Lipinski definition) is 1. The van der Waals surface area contributed by atoms with Crippen molar-refractivity contribution in [2.75, 3.05) is 18.0 Å². The molecular weight excluding hydrogens is 297 g/mol. The third-order valence-electron chi connectivity index (χ3n) is 4.13. The van der Waals surface area contributed by atoms with E-state index >= 15 is 0 Å². The van der Waals surface area contributed by atoms with Crippen LogP contribution in [0.1, 0.15) is 24.7 Å². The summed E-state index contributed by atoms with van der Waals surface area (Å²) in [6, 6.07) is 6.94. The molecular formula is C16H16FN5O. The monoisotopic (exact) mass is 313 g/mol. The Morgan fingerprint density at radius 3 is 3.04 bits per heavy atom. The molecule has 1 N–H and O–H groups in total. The second kappa shape index (κ2) is 5.83. The van der Waals surface area contributed by atoms with Gasteiger partial charge in [-0.15, -0.1) is 0 Å². The van der Waals surface area contributed by atoms with Gasteiger partial charge in [-0.2, -0.15) is 9.37 Å². The Hall–Kier alpha value is -2.70. The number of pyridine rings is 1. The predicted octanol–water partition coefficient (Wildman–Crippen LogP) is 2.98. The molecule has 0 aromatic carbocycles. The van der Waals surface area contributed by atoms with Crippen LogP contribution in [-0.2, 0) is 0 Å². The zero-order chi connectivity index (χ0) is 15.6. The minimum atomic E-state index is -0.463. The van der Waals surface area contributed by atoms with Crippen LogP contribution in [0.4, 0.5) is 10.1 Å². The SMILES string of the molecule is Fc1ccc(N2CCCC(c3nc(-c4ccc[nH]4)no3)C2)cn1. The maximum absolute atomic E-state index is 13.0. The average Bonchev–Trinajstić information content (AvgIpc) is 3.27. The quantitative estimate of drug-likeness (QED) is 0.753. The lowest BCUT2D eigenvalue weighted by Gasteiger charge is -2.32. The molecule has 1 saturated heterocycles. The highest BCUT2D eigenvalue weighted by molar-refractivity contribution is 5.48. The number of nitrogens with one attached hydrogen (secondary N) is 1. The number of piperidine rings is 1. The number of anilines is 1. The van der Waals surface area contributed by atoms with Crippen molar-refractivity contribution in [3.63, 3.8) is 0 Å². The summed E-state index contributed by atoms with van der Waals surface area (Å²) in [6.45, 7) is 1.68. The molecule has 1 unspecified atom stereocenters. The third kappa shape index (κ3) is 2.81. The van der Waals surface area contributed by atoms with Gasteiger partial charge in [0.05, 0.1) is 23.5 Å². The minimum absolute atomic E-state index is 0.171. The van der Waals surface area contributed by atoms with E-state index in [2.05, 4.69) is 25.0 Å². The van der Waals surface area contributed by atoms with E-state index in [1.54, 1.807) is 12.3 Å². The Morgan fingerprint density at radius 1 is 1.30 bits per heavy atom. The van der Waals surface area contributed by atoms with Gasteiger partial charge in [0, 0.05) is 19.3 Å². The van der Waals surface area contributed by atoms with E-state index < -0.39 is 5.95 Å². The molecule has 7 heteroatoms. The van der Waals surface area contributed by atoms with Gasteiger partial charge in [-0.25, -0.2) is 4.98 Å². The van der Waals surface area contributed by atoms with Gasteiger partial charge in [0.1, 0.15) is 0 Å². The van der Waals surface area contributed by atoms with Gasteiger partial charge in [-0.3, -0.25) is 0 Å². The van der Waals surface area contributed by atoms with Crippen LogP contribution in [0.5, 0.6) is 0 Å². The number of rotatable bonds is 3. The van der Waals surface area contributed by atoms with Gasteiger partial charge in [0.2, 0.25) is 17.7 Å². The molecule has 0 amide bonds. The van der Waals surface area contributed by atoms with Gasteiger partial charge in [0.15, 0.2) is 0 Å². The molecule has 4 heterocycles. The zero-order valence-electron chi connectivity index (χ0n) is 12.4. The predicted molar refractivity (Wildman–Crippen MR) is 82.5 cm³/mol. The van der Waals surface area contributed by atoms with Crippen molar-refractivity contribution in [2.45, 2.75) is 18.8 Å². The Kier molecular flexibility index (Phi) is 3.53. The molecule has 0 radical (unpaired) electrons. The van der Waals surface area contributed by atoms with E-state index in [1.807, 2.05) is 18.3 Å². The molecule has 0 aliphatic carbocycles. The number of halogens is 1. The van der Waals surface area contributed by atoms with E-state index in [0.29, 0.717) is 11.7 Å². The molecule has 1 atom stereocenters. The average molecular weight is 313 g/mol.